The van der Waals surface area contributed by atoms with Gasteiger partial charge in [0, 0.05) is 16.7 Å². The lowest BCUT2D eigenvalue weighted by atomic mass is 9.96. The van der Waals surface area contributed by atoms with E-state index in [2.05, 4.69) is 5.92 Å². The molecule has 3 rings (SSSR count). The molecular formula is C21H14O2. The maximum absolute atomic E-state index is 12.6. The SMILES string of the molecule is C#Cc1ccccc1C(=O)c1ccc(-c2ccc(O)cc2)cc1. The number of aromatic hydroxyl groups is 1. The number of benzene rings is 3. The van der Waals surface area contributed by atoms with E-state index in [1.807, 2.05) is 30.3 Å². The number of carbonyl (C=O) groups is 1. The quantitative estimate of drug-likeness (QED) is 0.579. The number of carbonyl (C=O) groups excluding carboxylic acids is 1. The van der Waals surface area contributed by atoms with Crippen molar-refractivity contribution in [2.75, 3.05) is 0 Å². The van der Waals surface area contributed by atoms with Crippen LogP contribution in [0, 0.1) is 12.3 Å². The highest BCUT2D eigenvalue weighted by Crippen LogP contribution is 2.23. The first-order chi connectivity index (χ1) is 11.2. The van der Waals surface area contributed by atoms with Gasteiger partial charge in [0.15, 0.2) is 5.78 Å². The van der Waals surface area contributed by atoms with Crippen LogP contribution in [0.2, 0.25) is 0 Å². The van der Waals surface area contributed by atoms with Crippen LogP contribution in [0.4, 0.5) is 0 Å². The normalized spacial score (nSPS) is 10.0. The second kappa shape index (κ2) is 6.21. The number of phenols is 1. The van der Waals surface area contributed by atoms with Crippen molar-refractivity contribution in [2.24, 2.45) is 0 Å². The van der Waals surface area contributed by atoms with E-state index in [9.17, 15) is 9.90 Å². The predicted octanol–water partition coefficient (Wildman–Crippen LogP) is 4.27. The number of terminal acetylenes is 1. The highest BCUT2D eigenvalue weighted by atomic mass is 16.3. The summed E-state index contributed by atoms with van der Waals surface area (Å²) in [7, 11) is 0. The molecule has 0 spiro atoms. The lowest BCUT2D eigenvalue weighted by molar-refractivity contribution is 0.103. The van der Waals surface area contributed by atoms with Gasteiger partial charge in [0.1, 0.15) is 5.75 Å². The maximum Gasteiger partial charge on any atom is 0.194 e. The summed E-state index contributed by atoms with van der Waals surface area (Å²) in [5.74, 6) is 2.69. The van der Waals surface area contributed by atoms with Gasteiger partial charge in [0.05, 0.1) is 0 Å². The number of hydrogen-bond acceptors (Lipinski definition) is 2. The van der Waals surface area contributed by atoms with E-state index in [-0.39, 0.29) is 11.5 Å². The molecular weight excluding hydrogens is 284 g/mol. The number of rotatable bonds is 3. The molecule has 3 aromatic carbocycles. The maximum atomic E-state index is 12.6. The monoisotopic (exact) mass is 298 g/mol. The molecule has 0 aliphatic heterocycles. The summed E-state index contributed by atoms with van der Waals surface area (Å²) in [5.41, 5.74) is 3.68. The molecule has 0 bridgehead atoms. The largest absolute Gasteiger partial charge is 0.508 e. The standard InChI is InChI=1S/C21H14O2/c1-2-15-5-3-4-6-20(15)21(23)18-9-7-16(8-10-18)17-11-13-19(22)14-12-17/h1,3-14,22H. The average molecular weight is 298 g/mol. The fourth-order valence-corrected chi connectivity index (χ4v) is 2.43. The molecule has 0 aromatic heterocycles. The molecule has 23 heavy (non-hydrogen) atoms. The zero-order valence-corrected chi connectivity index (χ0v) is 12.4. The van der Waals surface area contributed by atoms with Crippen LogP contribution in [-0.2, 0) is 0 Å². The van der Waals surface area contributed by atoms with Crippen LogP contribution < -0.4 is 0 Å². The summed E-state index contributed by atoms with van der Waals surface area (Å²) in [6.45, 7) is 0. The van der Waals surface area contributed by atoms with Gasteiger partial charge >= 0.3 is 0 Å². The van der Waals surface area contributed by atoms with E-state index < -0.39 is 0 Å². The Morgan fingerprint density at radius 2 is 1.39 bits per heavy atom. The van der Waals surface area contributed by atoms with Crippen molar-refractivity contribution in [1.82, 2.24) is 0 Å². The molecule has 0 atom stereocenters. The fourth-order valence-electron chi connectivity index (χ4n) is 2.43. The molecule has 3 aromatic rings. The van der Waals surface area contributed by atoms with Gasteiger partial charge in [-0.25, -0.2) is 0 Å². The van der Waals surface area contributed by atoms with Crippen LogP contribution in [0.5, 0.6) is 5.75 Å². The van der Waals surface area contributed by atoms with E-state index >= 15 is 0 Å². The summed E-state index contributed by atoms with van der Waals surface area (Å²) in [6, 6.07) is 21.4. The summed E-state index contributed by atoms with van der Waals surface area (Å²) < 4.78 is 0. The number of hydrogen-bond donors (Lipinski definition) is 1. The zero-order valence-electron chi connectivity index (χ0n) is 12.4. The molecule has 0 unspecified atom stereocenters. The Bertz CT molecular complexity index is 882. The highest BCUT2D eigenvalue weighted by molar-refractivity contribution is 6.10. The van der Waals surface area contributed by atoms with Gasteiger partial charge < -0.3 is 5.11 Å². The number of phenolic OH excluding ortho intramolecular Hbond substituents is 1. The van der Waals surface area contributed by atoms with E-state index in [4.69, 9.17) is 6.42 Å². The Labute approximate surface area is 135 Å². The Morgan fingerprint density at radius 1 is 0.826 bits per heavy atom. The third kappa shape index (κ3) is 3.00. The molecule has 0 fully saturated rings. The van der Waals surface area contributed by atoms with Gasteiger partial charge in [0.25, 0.3) is 0 Å². The molecule has 2 nitrogen and oxygen atoms in total. The van der Waals surface area contributed by atoms with Crippen molar-refractivity contribution >= 4 is 5.78 Å². The van der Waals surface area contributed by atoms with Crippen LogP contribution in [0.1, 0.15) is 21.5 Å². The zero-order chi connectivity index (χ0) is 16.2. The van der Waals surface area contributed by atoms with Gasteiger partial charge in [-0.15, -0.1) is 6.42 Å². The van der Waals surface area contributed by atoms with Gasteiger partial charge in [-0.3, -0.25) is 4.79 Å². The Kier molecular flexibility index (Phi) is 3.95. The van der Waals surface area contributed by atoms with Crippen LogP contribution in [0.3, 0.4) is 0 Å². The summed E-state index contributed by atoms with van der Waals surface area (Å²) in [5, 5.41) is 9.34. The minimum absolute atomic E-state index is 0.0872. The van der Waals surface area contributed by atoms with Crippen molar-refractivity contribution < 1.29 is 9.90 Å². The molecule has 1 N–H and O–H groups in total. The summed E-state index contributed by atoms with van der Waals surface area (Å²) in [4.78, 5) is 12.6. The summed E-state index contributed by atoms with van der Waals surface area (Å²) in [6.07, 6.45) is 5.46. The topological polar surface area (TPSA) is 37.3 Å². The minimum atomic E-state index is -0.0872. The van der Waals surface area contributed by atoms with Crippen LogP contribution in [-0.4, -0.2) is 10.9 Å². The van der Waals surface area contributed by atoms with Crippen molar-refractivity contribution in [2.45, 2.75) is 0 Å². The van der Waals surface area contributed by atoms with Crippen molar-refractivity contribution in [3.63, 3.8) is 0 Å². The second-order valence-corrected chi connectivity index (χ2v) is 5.14. The van der Waals surface area contributed by atoms with E-state index in [0.717, 1.165) is 11.1 Å². The molecule has 0 radical (unpaired) electrons. The fraction of sp³-hybridized carbons (Fsp3) is 0. The molecule has 0 aliphatic rings. The third-order valence-corrected chi connectivity index (χ3v) is 3.67. The molecule has 110 valence electrons. The molecule has 2 heteroatoms. The van der Waals surface area contributed by atoms with Crippen LogP contribution in [0.15, 0.2) is 72.8 Å². The molecule has 0 saturated carbocycles. The van der Waals surface area contributed by atoms with E-state index in [1.165, 1.54) is 0 Å². The van der Waals surface area contributed by atoms with Gasteiger partial charge in [-0.2, -0.15) is 0 Å². The average Bonchev–Trinajstić information content (AvgIpc) is 2.62. The van der Waals surface area contributed by atoms with Crippen molar-refractivity contribution in [3.05, 3.63) is 89.5 Å². The van der Waals surface area contributed by atoms with E-state index in [1.54, 1.807) is 42.5 Å². The first-order valence-electron chi connectivity index (χ1n) is 7.19. The molecule has 0 amide bonds. The van der Waals surface area contributed by atoms with Crippen LogP contribution >= 0.6 is 0 Å². The molecule has 0 heterocycles. The highest BCUT2D eigenvalue weighted by Gasteiger charge is 2.12. The van der Waals surface area contributed by atoms with Crippen molar-refractivity contribution in [3.8, 4) is 29.2 Å². The Balaban J connectivity index is 1.92. The first-order valence-corrected chi connectivity index (χ1v) is 7.19. The van der Waals surface area contributed by atoms with Gasteiger partial charge in [0.2, 0.25) is 0 Å². The lowest BCUT2D eigenvalue weighted by Gasteiger charge is -2.06. The Hall–Kier alpha value is -3.31. The number of ketones is 1. The second-order valence-electron chi connectivity index (χ2n) is 5.14. The lowest BCUT2D eigenvalue weighted by Crippen LogP contribution is -2.03. The Morgan fingerprint density at radius 3 is 2.00 bits per heavy atom. The minimum Gasteiger partial charge on any atom is -0.508 e. The van der Waals surface area contributed by atoms with Crippen LogP contribution in [0.25, 0.3) is 11.1 Å². The molecule has 0 saturated heterocycles. The van der Waals surface area contributed by atoms with Gasteiger partial charge in [-0.1, -0.05) is 54.5 Å². The smallest absolute Gasteiger partial charge is 0.194 e. The van der Waals surface area contributed by atoms with E-state index in [0.29, 0.717) is 16.7 Å². The van der Waals surface area contributed by atoms with Gasteiger partial charge in [-0.05, 0) is 35.4 Å². The summed E-state index contributed by atoms with van der Waals surface area (Å²) >= 11 is 0. The first kappa shape index (κ1) is 14.6. The third-order valence-electron chi connectivity index (χ3n) is 3.67. The molecule has 0 aliphatic carbocycles. The van der Waals surface area contributed by atoms with Crippen molar-refractivity contribution in [1.29, 1.82) is 0 Å². The predicted molar refractivity (Wildman–Crippen MR) is 91.4 cm³/mol.